The van der Waals surface area contributed by atoms with Crippen molar-refractivity contribution in [2.24, 2.45) is 0 Å². The Morgan fingerprint density at radius 3 is 2.25 bits per heavy atom. The van der Waals surface area contributed by atoms with Crippen LogP contribution in [0.25, 0.3) is 0 Å². The Balaban J connectivity index is 2.53. The Kier molecular flexibility index (Phi) is 4.20. The fourth-order valence-electron chi connectivity index (χ4n) is 1.22. The van der Waals surface area contributed by atoms with Gasteiger partial charge in [-0.05, 0) is 18.9 Å². The molecule has 0 bridgehead atoms. The number of carbonyl (C=O) groups is 1. The van der Waals surface area contributed by atoms with Gasteiger partial charge in [0.25, 0.3) is 10.1 Å². The molecule has 0 fully saturated rings. The zero-order valence-electron chi connectivity index (χ0n) is 9.26. The van der Waals surface area contributed by atoms with Gasteiger partial charge in [0.1, 0.15) is 0 Å². The predicted molar refractivity (Wildman–Crippen MR) is 60.9 cm³/mol. The highest BCUT2D eigenvalue weighted by Crippen LogP contribution is 2.06. The molecule has 0 aliphatic heterocycles. The van der Waals surface area contributed by atoms with E-state index in [1.54, 1.807) is 24.3 Å². The molecule has 16 heavy (non-hydrogen) atoms. The molecule has 0 aromatic heterocycles. The third kappa shape index (κ3) is 4.55. The lowest BCUT2D eigenvalue weighted by molar-refractivity contribution is 0.101. The summed E-state index contributed by atoms with van der Waals surface area (Å²) in [5.41, 5.74) is 1.58. The third-order valence-electron chi connectivity index (χ3n) is 2.05. The SMILES string of the molecule is CC(=O)c1ccc(CCOS(C)(=O)=O)cc1. The number of benzene rings is 1. The van der Waals surface area contributed by atoms with E-state index >= 15 is 0 Å². The van der Waals surface area contributed by atoms with E-state index in [2.05, 4.69) is 4.18 Å². The average molecular weight is 242 g/mol. The minimum atomic E-state index is -3.37. The van der Waals surface area contributed by atoms with Crippen LogP contribution in [0.3, 0.4) is 0 Å². The minimum Gasteiger partial charge on any atom is -0.295 e. The van der Waals surface area contributed by atoms with Crippen LogP contribution in [0.2, 0.25) is 0 Å². The zero-order chi connectivity index (χ0) is 12.2. The van der Waals surface area contributed by atoms with Crippen molar-refractivity contribution in [3.63, 3.8) is 0 Å². The van der Waals surface area contributed by atoms with Crippen molar-refractivity contribution >= 4 is 15.9 Å². The van der Waals surface area contributed by atoms with Gasteiger partial charge in [-0.15, -0.1) is 0 Å². The van der Waals surface area contributed by atoms with Crippen LogP contribution in [-0.2, 0) is 20.7 Å². The maximum atomic E-state index is 11.0. The van der Waals surface area contributed by atoms with Crippen molar-refractivity contribution in [3.05, 3.63) is 35.4 Å². The van der Waals surface area contributed by atoms with Crippen molar-refractivity contribution in [3.8, 4) is 0 Å². The number of hydrogen-bond acceptors (Lipinski definition) is 4. The highest BCUT2D eigenvalue weighted by atomic mass is 32.2. The molecule has 0 radical (unpaired) electrons. The molecule has 0 aliphatic rings. The lowest BCUT2D eigenvalue weighted by Crippen LogP contribution is -2.06. The first-order valence-corrected chi connectivity index (χ1v) is 6.64. The van der Waals surface area contributed by atoms with Gasteiger partial charge in [0.05, 0.1) is 12.9 Å². The lowest BCUT2D eigenvalue weighted by atomic mass is 10.1. The first-order valence-electron chi connectivity index (χ1n) is 4.83. The number of hydrogen-bond donors (Lipinski definition) is 0. The molecule has 0 heterocycles. The van der Waals surface area contributed by atoms with Gasteiger partial charge in [-0.1, -0.05) is 24.3 Å². The summed E-state index contributed by atoms with van der Waals surface area (Å²) < 4.78 is 26.0. The van der Waals surface area contributed by atoms with E-state index in [1.165, 1.54) is 6.92 Å². The van der Waals surface area contributed by atoms with Gasteiger partial charge in [-0.3, -0.25) is 8.98 Å². The summed E-state index contributed by atoms with van der Waals surface area (Å²) in [6.07, 6.45) is 1.52. The molecule has 0 N–H and O–H groups in total. The average Bonchev–Trinajstić information content (AvgIpc) is 2.16. The van der Waals surface area contributed by atoms with Gasteiger partial charge in [0.2, 0.25) is 0 Å². The minimum absolute atomic E-state index is 0.0129. The van der Waals surface area contributed by atoms with Crippen LogP contribution in [0, 0.1) is 0 Å². The molecule has 0 aliphatic carbocycles. The molecule has 88 valence electrons. The molecule has 1 aromatic rings. The Morgan fingerprint density at radius 1 is 1.25 bits per heavy atom. The molecular weight excluding hydrogens is 228 g/mol. The van der Waals surface area contributed by atoms with E-state index in [9.17, 15) is 13.2 Å². The van der Waals surface area contributed by atoms with Crippen LogP contribution in [0.15, 0.2) is 24.3 Å². The van der Waals surface area contributed by atoms with Crippen LogP contribution in [0.1, 0.15) is 22.8 Å². The molecule has 0 spiro atoms. The third-order valence-corrected chi connectivity index (χ3v) is 2.64. The van der Waals surface area contributed by atoms with Crippen molar-refractivity contribution in [2.45, 2.75) is 13.3 Å². The van der Waals surface area contributed by atoms with Crippen LogP contribution in [0.5, 0.6) is 0 Å². The second-order valence-electron chi connectivity index (χ2n) is 3.53. The molecule has 0 unspecified atom stereocenters. The van der Waals surface area contributed by atoms with Crippen LogP contribution >= 0.6 is 0 Å². The van der Waals surface area contributed by atoms with Crippen molar-refractivity contribution in [2.75, 3.05) is 12.9 Å². The highest BCUT2D eigenvalue weighted by molar-refractivity contribution is 7.85. The summed E-state index contributed by atoms with van der Waals surface area (Å²) in [5.74, 6) is 0.0129. The maximum absolute atomic E-state index is 11.0. The Hall–Kier alpha value is -1.20. The van der Waals surface area contributed by atoms with E-state index < -0.39 is 10.1 Å². The zero-order valence-corrected chi connectivity index (χ0v) is 10.1. The van der Waals surface area contributed by atoms with Gasteiger partial charge < -0.3 is 0 Å². The van der Waals surface area contributed by atoms with Crippen molar-refractivity contribution in [1.29, 1.82) is 0 Å². The summed E-state index contributed by atoms with van der Waals surface area (Å²) in [4.78, 5) is 11.0. The van der Waals surface area contributed by atoms with Gasteiger partial charge in [0.15, 0.2) is 5.78 Å². The Labute approximate surface area is 95.4 Å². The van der Waals surface area contributed by atoms with Crippen molar-refractivity contribution < 1.29 is 17.4 Å². The summed E-state index contributed by atoms with van der Waals surface area (Å²) in [5, 5.41) is 0. The number of rotatable bonds is 5. The molecule has 0 saturated heterocycles. The number of ketones is 1. The summed E-state index contributed by atoms with van der Waals surface area (Å²) >= 11 is 0. The summed E-state index contributed by atoms with van der Waals surface area (Å²) in [7, 11) is -3.37. The van der Waals surface area contributed by atoms with Crippen LogP contribution in [0.4, 0.5) is 0 Å². The summed E-state index contributed by atoms with van der Waals surface area (Å²) in [6.45, 7) is 1.63. The molecular formula is C11H14O4S. The Bertz CT molecular complexity index is 459. The van der Waals surface area contributed by atoms with E-state index in [4.69, 9.17) is 0 Å². The van der Waals surface area contributed by atoms with Crippen LogP contribution in [-0.4, -0.2) is 27.1 Å². The highest BCUT2D eigenvalue weighted by Gasteiger charge is 2.02. The molecule has 1 rings (SSSR count). The van der Waals surface area contributed by atoms with E-state index in [1.807, 2.05) is 0 Å². The van der Waals surface area contributed by atoms with Gasteiger partial charge in [-0.2, -0.15) is 8.42 Å². The van der Waals surface area contributed by atoms with Gasteiger partial charge >= 0.3 is 0 Å². The van der Waals surface area contributed by atoms with E-state index in [0.717, 1.165) is 11.8 Å². The van der Waals surface area contributed by atoms with Crippen LogP contribution < -0.4 is 0 Å². The second-order valence-corrected chi connectivity index (χ2v) is 5.17. The van der Waals surface area contributed by atoms with Gasteiger partial charge in [-0.25, -0.2) is 0 Å². The molecule has 1 aromatic carbocycles. The predicted octanol–water partition coefficient (Wildman–Crippen LogP) is 1.41. The first-order chi connectivity index (χ1) is 7.38. The largest absolute Gasteiger partial charge is 0.295 e. The van der Waals surface area contributed by atoms with E-state index in [-0.39, 0.29) is 12.4 Å². The fraction of sp³-hybridized carbons (Fsp3) is 0.364. The molecule has 0 saturated carbocycles. The molecule has 5 heteroatoms. The topological polar surface area (TPSA) is 60.4 Å². The standard InChI is InChI=1S/C11H14O4S/c1-9(12)11-5-3-10(4-6-11)7-8-15-16(2,13)14/h3-6H,7-8H2,1-2H3. The lowest BCUT2D eigenvalue weighted by Gasteiger charge is -2.02. The number of Topliss-reactive ketones (excluding diaryl/α,β-unsaturated/α-hetero) is 1. The fourth-order valence-corrected chi connectivity index (χ4v) is 1.60. The van der Waals surface area contributed by atoms with Crippen molar-refractivity contribution in [1.82, 2.24) is 0 Å². The number of carbonyl (C=O) groups excluding carboxylic acids is 1. The Morgan fingerprint density at radius 2 is 1.81 bits per heavy atom. The molecule has 0 atom stereocenters. The monoisotopic (exact) mass is 242 g/mol. The smallest absolute Gasteiger partial charge is 0.264 e. The first kappa shape index (κ1) is 12.9. The normalized spacial score (nSPS) is 11.4. The molecule has 4 nitrogen and oxygen atoms in total. The van der Waals surface area contributed by atoms with E-state index in [0.29, 0.717) is 12.0 Å². The maximum Gasteiger partial charge on any atom is 0.264 e. The van der Waals surface area contributed by atoms with Gasteiger partial charge in [0, 0.05) is 5.56 Å². The quantitative estimate of drug-likeness (QED) is 0.578. The second kappa shape index (κ2) is 5.23. The molecule has 0 amide bonds. The summed E-state index contributed by atoms with van der Waals surface area (Å²) in [6, 6.07) is 7.03.